The largest absolute Gasteiger partial charge is 0.126 e. The van der Waals surface area contributed by atoms with Crippen LogP contribution in [0.15, 0.2) is 12.1 Å². The van der Waals surface area contributed by atoms with E-state index in [-0.39, 0.29) is 5.41 Å². The Hall–Kier alpha value is -0.490. The highest BCUT2D eigenvalue weighted by Gasteiger charge is 2.28. The molecule has 0 radical (unpaired) electrons. The molecule has 0 nitrogen and oxygen atoms in total. The molecule has 0 spiro atoms. The maximum Gasteiger partial charge on any atom is 0.0283 e. The molecule has 0 saturated heterocycles. The lowest BCUT2D eigenvalue weighted by atomic mass is 9.75. The highest BCUT2D eigenvalue weighted by molar-refractivity contribution is 6.18. The molecule has 0 aromatic heterocycles. The van der Waals surface area contributed by atoms with Gasteiger partial charge in [0.25, 0.3) is 0 Å². The van der Waals surface area contributed by atoms with Gasteiger partial charge in [0.05, 0.1) is 0 Å². The van der Waals surface area contributed by atoms with Crippen LogP contribution in [0.4, 0.5) is 0 Å². The molecule has 0 heterocycles. The van der Waals surface area contributed by atoms with Crippen molar-refractivity contribution in [2.45, 2.75) is 66.7 Å². The lowest BCUT2D eigenvalue weighted by Crippen LogP contribution is -2.26. The van der Waals surface area contributed by atoms with Crippen LogP contribution < -0.4 is 0 Å². The molecule has 1 heteroatoms. The molecule has 108 valence electrons. The third-order valence-corrected chi connectivity index (χ3v) is 5.05. The van der Waals surface area contributed by atoms with Crippen LogP contribution in [0, 0.1) is 26.2 Å². The molecule has 1 rings (SSSR count). The molecule has 1 aromatic rings. The number of aryl methyl sites for hydroxylation is 3. The van der Waals surface area contributed by atoms with Gasteiger partial charge in [-0.05, 0) is 62.1 Å². The second-order valence-corrected chi connectivity index (χ2v) is 6.41. The van der Waals surface area contributed by atoms with Gasteiger partial charge < -0.3 is 0 Å². The molecule has 0 fully saturated rings. The Kier molecular flexibility index (Phi) is 6.39. The summed E-state index contributed by atoms with van der Waals surface area (Å²) in [5.41, 5.74) is 6.01. The number of unbranched alkanes of at least 4 members (excludes halogenated alkanes) is 1. The van der Waals surface area contributed by atoms with Crippen molar-refractivity contribution in [2.75, 3.05) is 5.88 Å². The van der Waals surface area contributed by atoms with E-state index in [9.17, 15) is 0 Å². The van der Waals surface area contributed by atoms with Crippen molar-refractivity contribution >= 4 is 11.6 Å². The summed E-state index contributed by atoms with van der Waals surface area (Å²) < 4.78 is 0. The number of benzene rings is 1. The van der Waals surface area contributed by atoms with Crippen molar-refractivity contribution in [3.05, 3.63) is 34.4 Å². The predicted molar refractivity (Wildman–Crippen MR) is 87.3 cm³/mol. The Bertz CT molecular complexity index is 379. The summed E-state index contributed by atoms with van der Waals surface area (Å²) in [6, 6.07) is 4.60. The van der Waals surface area contributed by atoms with E-state index in [1.54, 1.807) is 0 Å². The Labute approximate surface area is 124 Å². The van der Waals surface area contributed by atoms with E-state index in [1.807, 2.05) is 0 Å². The van der Waals surface area contributed by atoms with Crippen molar-refractivity contribution in [2.24, 2.45) is 5.41 Å². The molecule has 19 heavy (non-hydrogen) atoms. The van der Waals surface area contributed by atoms with Crippen molar-refractivity contribution in [1.82, 2.24) is 0 Å². The standard InChI is InChI=1S/C18H29Cl/c1-6-8-9-18(7-2,13-19)12-17-15(4)10-14(3)11-16(17)5/h10-11H,6-9,12-13H2,1-5H3. The molecule has 0 aliphatic heterocycles. The first kappa shape index (κ1) is 16.6. The Morgan fingerprint density at radius 2 is 1.63 bits per heavy atom. The number of hydrogen-bond acceptors (Lipinski definition) is 0. The first-order chi connectivity index (χ1) is 8.98. The van der Waals surface area contributed by atoms with Crippen LogP contribution >= 0.6 is 11.6 Å². The summed E-state index contributed by atoms with van der Waals surface area (Å²) >= 11 is 6.35. The van der Waals surface area contributed by atoms with Gasteiger partial charge in [0, 0.05) is 5.88 Å². The average molecular weight is 281 g/mol. The predicted octanol–water partition coefficient (Wildman–Crippen LogP) is 5.98. The summed E-state index contributed by atoms with van der Waals surface area (Å²) in [4.78, 5) is 0. The molecule has 0 aliphatic carbocycles. The Morgan fingerprint density at radius 3 is 2.05 bits per heavy atom. The molecule has 1 unspecified atom stereocenters. The van der Waals surface area contributed by atoms with Crippen LogP contribution in [-0.2, 0) is 6.42 Å². The zero-order valence-corrected chi connectivity index (χ0v) is 14.0. The Balaban J connectivity index is 3.02. The minimum atomic E-state index is 0.280. The van der Waals surface area contributed by atoms with Gasteiger partial charge in [-0.3, -0.25) is 0 Å². The summed E-state index contributed by atoms with van der Waals surface area (Å²) in [6.07, 6.45) is 6.08. The SMILES string of the molecule is CCCCC(CC)(CCl)Cc1c(C)cc(C)cc1C. The van der Waals surface area contributed by atoms with Gasteiger partial charge >= 0.3 is 0 Å². The lowest BCUT2D eigenvalue weighted by Gasteiger charge is -2.32. The van der Waals surface area contributed by atoms with Crippen LogP contribution in [0.1, 0.15) is 61.8 Å². The van der Waals surface area contributed by atoms with E-state index in [2.05, 4.69) is 46.8 Å². The minimum Gasteiger partial charge on any atom is -0.126 e. The van der Waals surface area contributed by atoms with Gasteiger partial charge in [-0.25, -0.2) is 0 Å². The first-order valence-corrected chi connectivity index (χ1v) is 8.14. The quantitative estimate of drug-likeness (QED) is 0.539. The van der Waals surface area contributed by atoms with Crippen LogP contribution in [0.5, 0.6) is 0 Å². The van der Waals surface area contributed by atoms with Gasteiger partial charge in [-0.2, -0.15) is 0 Å². The summed E-state index contributed by atoms with van der Waals surface area (Å²) in [5.74, 6) is 0.774. The highest BCUT2D eigenvalue weighted by Crippen LogP contribution is 2.36. The molecular weight excluding hydrogens is 252 g/mol. The van der Waals surface area contributed by atoms with Crippen LogP contribution in [0.3, 0.4) is 0 Å². The van der Waals surface area contributed by atoms with Crippen molar-refractivity contribution in [1.29, 1.82) is 0 Å². The average Bonchev–Trinajstić information content (AvgIpc) is 2.38. The summed E-state index contributed by atoms with van der Waals surface area (Å²) in [5, 5.41) is 0. The van der Waals surface area contributed by atoms with E-state index in [0.29, 0.717) is 0 Å². The van der Waals surface area contributed by atoms with E-state index in [0.717, 1.165) is 12.3 Å². The summed E-state index contributed by atoms with van der Waals surface area (Å²) in [7, 11) is 0. The van der Waals surface area contributed by atoms with E-state index in [4.69, 9.17) is 11.6 Å². The maximum atomic E-state index is 6.35. The molecule has 0 amide bonds. The van der Waals surface area contributed by atoms with E-state index in [1.165, 1.54) is 47.9 Å². The zero-order chi connectivity index (χ0) is 14.5. The Morgan fingerprint density at radius 1 is 1.05 bits per heavy atom. The molecular formula is C18H29Cl. The molecule has 1 aromatic carbocycles. The number of alkyl halides is 1. The second kappa shape index (κ2) is 7.33. The molecule has 0 aliphatic rings. The normalized spacial score (nSPS) is 14.4. The fourth-order valence-corrected chi connectivity index (χ4v) is 3.43. The topological polar surface area (TPSA) is 0 Å². The molecule has 0 saturated carbocycles. The van der Waals surface area contributed by atoms with Crippen LogP contribution in [0.2, 0.25) is 0 Å². The molecule has 0 bridgehead atoms. The fourth-order valence-electron chi connectivity index (χ4n) is 3.01. The van der Waals surface area contributed by atoms with Gasteiger partial charge in [0.1, 0.15) is 0 Å². The van der Waals surface area contributed by atoms with Crippen molar-refractivity contribution in [3.63, 3.8) is 0 Å². The van der Waals surface area contributed by atoms with E-state index < -0.39 is 0 Å². The lowest BCUT2D eigenvalue weighted by molar-refractivity contribution is 0.278. The third-order valence-electron chi connectivity index (χ3n) is 4.49. The van der Waals surface area contributed by atoms with Crippen molar-refractivity contribution < 1.29 is 0 Å². The van der Waals surface area contributed by atoms with Crippen LogP contribution in [0.25, 0.3) is 0 Å². The van der Waals surface area contributed by atoms with Gasteiger partial charge in [0.15, 0.2) is 0 Å². The smallest absolute Gasteiger partial charge is 0.0283 e. The van der Waals surface area contributed by atoms with Gasteiger partial charge in [-0.1, -0.05) is 44.4 Å². The van der Waals surface area contributed by atoms with Gasteiger partial charge in [0.2, 0.25) is 0 Å². The third kappa shape index (κ3) is 4.24. The fraction of sp³-hybridized carbons (Fsp3) is 0.667. The number of rotatable bonds is 7. The van der Waals surface area contributed by atoms with Crippen molar-refractivity contribution in [3.8, 4) is 0 Å². The minimum absolute atomic E-state index is 0.280. The van der Waals surface area contributed by atoms with E-state index >= 15 is 0 Å². The number of hydrogen-bond donors (Lipinski definition) is 0. The zero-order valence-electron chi connectivity index (χ0n) is 13.3. The number of halogens is 1. The van der Waals surface area contributed by atoms with Crippen LogP contribution in [-0.4, -0.2) is 5.88 Å². The maximum absolute atomic E-state index is 6.35. The highest BCUT2D eigenvalue weighted by atomic mass is 35.5. The monoisotopic (exact) mass is 280 g/mol. The second-order valence-electron chi connectivity index (χ2n) is 6.14. The first-order valence-electron chi connectivity index (χ1n) is 7.60. The van der Waals surface area contributed by atoms with Gasteiger partial charge in [-0.15, -0.1) is 11.6 Å². The molecule has 0 N–H and O–H groups in total. The summed E-state index contributed by atoms with van der Waals surface area (Å²) in [6.45, 7) is 11.2. The molecule has 1 atom stereocenters.